The summed E-state index contributed by atoms with van der Waals surface area (Å²) in [5.74, 6) is -0.418. The van der Waals surface area contributed by atoms with E-state index in [1.54, 1.807) is 0 Å². The van der Waals surface area contributed by atoms with Gasteiger partial charge in [0.25, 0.3) is 0 Å². The van der Waals surface area contributed by atoms with Crippen LogP contribution >= 0.6 is 11.8 Å². The van der Waals surface area contributed by atoms with E-state index in [2.05, 4.69) is 5.32 Å². The third-order valence-electron chi connectivity index (χ3n) is 1.59. The van der Waals surface area contributed by atoms with Gasteiger partial charge in [0.2, 0.25) is 17.7 Å². The second kappa shape index (κ2) is 4.27. The lowest BCUT2D eigenvalue weighted by molar-refractivity contribution is -0.124. The van der Waals surface area contributed by atoms with E-state index in [9.17, 15) is 14.4 Å². The summed E-state index contributed by atoms with van der Waals surface area (Å²) < 4.78 is 0. The van der Waals surface area contributed by atoms with E-state index in [-0.39, 0.29) is 29.9 Å². The molecule has 1 aliphatic rings. The molecule has 3 N–H and O–H groups in total. The van der Waals surface area contributed by atoms with Gasteiger partial charge in [-0.3, -0.25) is 19.7 Å². The average Bonchev–Trinajstić information content (AvgIpc) is 2.29. The molecule has 13 heavy (non-hydrogen) atoms. The first-order valence-corrected chi connectivity index (χ1v) is 4.88. The van der Waals surface area contributed by atoms with E-state index in [1.165, 1.54) is 11.8 Å². The predicted molar refractivity (Wildman–Crippen MR) is 47.8 cm³/mol. The Morgan fingerprint density at radius 2 is 2.31 bits per heavy atom. The molecule has 0 saturated carbocycles. The predicted octanol–water partition coefficient (Wildman–Crippen LogP) is -0.990. The quantitative estimate of drug-likeness (QED) is 0.573. The van der Waals surface area contributed by atoms with Crippen LogP contribution in [0.4, 0.5) is 0 Å². The molecular weight excluding hydrogens is 192 g/mol. The van der Waals surface area contributed by atoms with Crippen molar-refractivity contribution in [2.24, 2.45) is 5.73 Å². The molecule has 5 nitrogen and oxygen atoms in total. The Morgan fingerprint density at radius 3 is 2.77 bits per heavy atom. The van der Waals surface area contributed by atoms with Crippen LogP contribution in [-0.4, -0.2) is 28.7 Å². The number of amides is 3. The Hall–Kier alpha value is -1.04. The standard InChI is InChI=1S/C7H10N2O3S/c8-5(10)1-2-13-4-3-6(11)9-7(4)12/h4H,1-3H2,(H2,8,10)(H,9,11,12). The molecule has 0 bridgehead atoms. The Kier molecular flexibility index (Phi) is 3.30. The number of hydrogen-bond acceptors (Lipinski definition) is 4. The number of carbonyl (C=O) groups is 3. The highest BCUT2D eigenvalue weighted by atomic mass is 32.2. The molecule has 0 radical (unpaired) electrons. The van der Waals surface area contributed by atoms with Crippen molar-refractivity contribution in [3.8, 4) is 0 Å². The van der Waals surface area contributed by atoms with Gasteiger partial charge < -0.3 is 5.73 Å². The van der Waals surface area contributed by atoms with Crippen LogP contribution < -0.4 is 11.1 Å². The van der Waals surface area contributed by atoms with Gasteiger partial charge in [-0.25, -0.2) is 0 Å². The Morgan fingerprint density at radius 1 is 1.62 bits per heavy atom. The van der Waals surface area contributed by atoms with Gasteiger partial charge in [-0.05, 0) is 0 Å². The third kappa shape index (κ3) is 3.06. The maximum Gasteiger partial charge on any atom is 0.240 e. The van der Waals surface area contributed by atoms with Gasteiger partial charge in [0, 0.05) is 18.6 Å². The maximum absolute atomic E-state index is 11.0. The Balaban J connectivity index is 2.26. The summed E-state index contributed by atoms with van der Waals surface area (Å²) in [6.07, 6.45) is 0.449. The summed E-state index contributed by atoms with van der Waals surface area (Å²) in [5.41, 5.74) is 4.92. The molecule has 0 aromatic heterocycles. The zero-order chi connectivity index (χ0) is 9.84. The minimum absolute atomic E-state index is 0.211. The molecule has 0 aliphatic carbocycles. The summed E-state index contributed by atoms with van der Waals surface area (Å²) in [7, 11) is 0. The van der Waals surface area contributed by atoms with Crippen LogP contribution in [0.3, 0.4) is 0 Å². The van der Waals surface area contributed by atoms with Crippen molar-refractivity contribution in [2.45, 2.75) is 18.1 Å². The second-order valence-electron chi connectivity index (χ2n) is 2.69. The molecule has 1 heterocycles. The normalized spacial score (nSPS) is 21.7. The van der Waals surface area contributed by atoms with Crippen molar-refractivity contribution >= 4 is 29.5 Å². The summed E-state index contributed by atoms with van der Waals surface area (Å²) in [4.78, 5) is 32.1. The number of primary amides is 1. The zero-order valence-electron chi connectivity index (χ0n) is 6.91. The van der Waals surface area contributed by atoms with Crippen molar-refractivity contribution in [1.82, 2.24) is 5.32 Å². The third-order valence-corrected chi connectivity index (χ3v) is 2.82. The number of carbonyl (C=O) groups excluding carboxylic acids is 3. The summed E-state index contributed by atoms with van der Waals surface area (Å²) >= 11 is 1.29. The van der Waals surface area contributed by atoms with Gasteiger partial charge in [-0.1, -0.05) is 0 Å². The van der Waals surface area contributed by atoms with Gasteiger partial charge in [0.15, 0.2) is 0 Å². The average molecular weight is 202 g/mol. The molecule has 3 amide bonds. The first kappa shape index (κ1) is 10.0. The van der Waals surface area contributed by atoms with Crippen molar-refractivity contribution in [2.75, 3.05) is 5.75 Å². The fourth-order valence-electron chi connectivity index (χ4n) is 0.966. The molecule has 1 rings (SSSR count). The molecule has 1 atom stereocenters. The minimum atomic E-state index is -0.391. The topological polar surface area (TPSA) is 89.3 Å². The molecule has 1 fully saturated rings. The Labute approximate surface area is 79.4 Å². The van der Waals surface area contributed by atoms with Crippen molar-refractivity contribution < 1.29 is 14.4 Å². The molecule has 1 aliphatic heterocycles. The number of thioether (sulfide) groups is 1. The van der Waals surface area contributed by atoms with E-state index in [0.717, 1.165) is 0 Å². The van der Waals surface area contributed by atoms with Gasteiger partial charge in [-0.15, -0.1) is 11.8 Å². The molecule has 0 aromatic carbocycles. The first-order chi connectivity index (χ1) is 6.09. The Bertz CT molecular complexity index is 254. The van der Waals surface area contributed by atoms with Crippen LogP contribution in [0.25, 0.3) is 0 Å². The van der Waals surface area contributed by atoms with Crippen LogP contribution in [0.2, 0.25) is 0 Å². The smallest absolute Gasteiger partial charge is 0.240 e. The highest BCUT2D eigenvalue weighted by molar-refractivity contribution is 8.00. The van der Waals surface area contributed by atoms with Crippen LogP contribution in [0.1, 0.15) is 12.8 Å². The van der Waals surface area contributed by atoms with Crippen molar-refractivity contribution in [3.63, 3.8) is 0 Å². The fraction of sp³-hybridized carbons (Fsp3) is 0.571. The van der Waals surface area contributed by atoms with E-state index < -0.39 is 5.91 Å². The molecular formula is C7H10N2O3S. The number of hydrogen-bond donors (Lipinski definition) is 2. The van der Waals surface area contributed by atoms with Gasteiger partial charge in [0.1, 0.15) is 0 Å². The van der Waals surface area contributed by atoms with Crippen LogP contribution in [0.5, 0.6) is 0 Å². The largest absolute Gasteiger partial charge is 0.370 e. The van der Waals surface area contributed by atoms with Gasteiger partial charge in [0.05, 0.1) is 5.25 Å². The van der Waals surface area contributed by atoms with E-state index in [4.69, 9.17) is 5.73 Å². The summed E-state index contributed by atoms with van der Waals surface area (Å²) in [6.45, 7) is 0. The lowest BCUT2D eigenvalue weighted by Crippen LogP contribution is -2.23. The minimum Gasteiger partial charge on any atom is -0.370 e. The molecule has 1 saturated heterocycles. The second-order valence-corrected chi connectivity index (χ2v) is 4.00. The monoisotopic (exact) mass is 202 g/mol. The number of rotatable bonds is 4. The number of nitrogens with one attached hydrogen (secondary N) is 1. The molecule has 1 unspecified atom stereocenters. The van der Waals surface area contributed by atoms with Gasteiger partial charge >= 0.3 is 0 Å². The lowest BCUT2D eigenvalue weighted by Gasteiger charge is -2.02. The zero-order valence-corrected chi connectivity index (χ0v) is 7.73. The SMILES string of the molecule is NC(=O)CCSC1CC(=O)NC1=O. The van der Waals surface area contributed by atoms with E-state index in [0.29, 0.717) is 5.75 Å². The van der Waals surface area contributed by atoms with Crippen molar-refractivity contribution in [1.29, 1.82) is 0 Å². The number of imide groups is 1. The summed E-state index contributed by atoms with van der Waals surface area (Å²) in [5, 5.41) is 1.85. The highest BCUT2D eigenvalue weighted by Gasteiger charge is 2.30. The lowest BCUT2D eigenvalue weighted by atomic mass is 10.4. The van der Waals surface area contributed by atoms with E-state index >= 15 is 0 Å². The van der Waals surface area contributed by atoms with Crippen LogP contribution in [0, 0.1) is 0 Å². The van der Waals surface area contributed by atoms with Crippen LogP contribution in [0.15, 0.2) is 0 Å². The maximum atomic E-state index is 11.0. The van der Waals surface area contributed by atoms with Gasteiger partial charge in [-0.2, -0.15) is 0 Å². The molecule has 0 aromatic rings. The first-order valence-electron chi connectivity index (χ1n) is 3.83. The van der Waals surface area contributed by atoms with Crippen LogP contribution in [-0.2, 0) is 14.4 Å². The molecule has 0 spiro atoms. The summed E-state index contributed by atoms with van der Waals surface area (Å²) in [6, 6.07) is 0. The molecule has 6 heteroatoms. The highest BCUT2D eigenvalue weighted by Crippen LogP contribution is 2.19. The fourth-order valence-corrected chi connectivity index (χ4v) is 2.05. The molecule has 72 valence electrons. The van der Waals surface area contributed by atoms with Crippen molar-refractivity contribution in [3.05, 3.63) is 0 Å². The van der Waals surface area contributed by atoms with E-state index in [1.807, 2.05) is 0 Å². The number of nitrogens with two attached hydrogens (primary N) is 1.